The summed E-state index contributed by atoms with van der Waals surface area (Å²) in [6.07, 6.45) is -0.240. The van der Waals surface area contributed by atoms with E-state index in [4.69, 9.17) is 29.7 Å². The Hall–Kier alpha value is -5.33. The van der Waals surface area contributed by atoms with Gasteiger partial charge < -0.3 is 29.6 Å². The topological polar surface area (TPSA) is 151 Å². The molecule has 1 saturated heterocycles. The second-order valence-corrected chi connectivity index (χ2v) is 12.6. The molecule has 0 spiro atoms. The number of carbonyl (C=O) groups is 3. The molecule has 1 aliphatic rings. The molecule has 0 aliphatic carbocycles. The normalized spacial score (nSPS) is 17.9. The molecule has 1 unspecified atom stereocenters. The molecule has 4 aromatic rings. The van der Waals surface area contributed by atoms with Crippen molar-refractivity contribution in [2.45, 2.75) is 72.3 Å². The van der Waals surface area contributed by atoms with Gasteiger partial charge in [-0.3, -0.25) is 4.79 Å². The average molecular weight is 659 g/mol. The zero-order valence-electron chi connectivity index (χ0n) is 28.1. The largest absolute Gasteiger partial charge is 0.494 e. The number of primary amides is 1. The maximum atomic E-state index is 13.9. The smallest absolute Gasteiger partial charge is 0.420 e. The van der Waals surface area contributed by atoms with Crippen molar-refractivity contribution in [1.29, 1.82) is 0 Å². The molecule has 1 fully saturated rings. The summed E-state index contributed by atoms with van der Waals surface area (Å²) >= 11 is 0. The molecule has 3 atom stereocenters. The van der Waals surface area contributed by atoms with Gasteiger partial charge in [-0.2, -0.15) is 14.6 Å². The molecular formula is C35H42N6O7. The van der Waals surface area contributed by atoms with Gasteiger partial charge >= 0.3 is 12.2 Å². The number of hydrogen-bond donors (Lipinski definition) is 1. The first-order chi connectivity index (χ1) is 22.9. The van der Waals surface area contributed by atoms with Gasteiger partial charge in [-0.05, 0) is 77.8 Å². The fourth-order valence-electron chi connectivity index (χ4n) is 5.68. The van der Waals surface area contributed by atoms with Crippen LogP contribution >= 0.6 is 0 Å². The van der Waals surface area contributed by atoms with E-state index in [0.29, 0.717) is 35.1 Å². The Balaban J connectivity index is 1.53. The van der Waals surface area contributed by atoms with Crippen LogP contribution in [0.3, 0.4) is 0 Å². The van der Waals surface area contributed by atoms with Crippen LogP contribution < -0.4 is 20.1 Å². The van der Waals surface area contributed by atoms with Gasteiger partial charge in [-0.1, -0.05) is 30.3 Å². The highest BCUT2D eigenvalue weighted by Crippen LogP contribution is 2.37. The number of benzene rings is 2. The number of ether oxygens (including phenoxy) is 4. The van der Waals surface area contributed by atoms with Crippen LogP contribution in [0, 0.1) is 12.8 Å². The lowest BCUT2D eigenvalue weighted by molar-refractivity contribution is -0.129. The molecule has 0 bridgehead atoms. The van der Waals surface area contributed by atoms with Crippen LogP contribution in [0.25, 0.3) is 5.65 Å². The van der Waals surface area contributed by atoms with E-state index in [1.165, 1.54) is 14.3 Å². The quantitative estimate of drug-likeness (QED) is 0.236. The van der Waals surface area contributed by atoms with Crippen molar-refractivity contribution in [2.75, 3.05) is 18.1 Å². The molecule has 5 rings (SSSR count). The monoisotopic (exact) mass is 658 g/mol. The predicted octanol–water partition coefficient (Wildman–Crippen LogP) is 5.79. The Morgan fingerprint density at radius 2 is 1.75 bits per heavy atom. The van der Waals surface area contributed by atoms with Crippen LogP contribution in [0.2, 0.25) is 0 Å². The highest BCUT2D eigenvalue weighted by Gasteiger charge is 2.43. The summed E-state index contributed by atoms with van der Waals surface area (Å²) in [4.78, 5) is 47.5. The molecule has 3 amide bonds. The Kier molecular flexibility index (Phi) is 10.1. The molecule has 3 heterocycles. The van der Waals surface area contributed by atoms with Gasteiger partial charge in [-0.15, -0.1) is 0 Å². The zero-order chi connectivity index (χ0) is 34.6. The number of anilines is 2. The van der Waals surface area contributed by atoms with E-state index < -0.39 is 41.8 Å². The van der Waals surface area contributed by atoms with Crippen molar-refractivity contribution in [3.63, 3.8) is 0 Å². The summed E-state index contributed by atoms with van der Waals surface area (Å²) in [7, 11) is 0. The van der Waals surface area contributed by atoms with Gasteiger partial charge in [-0.25, -0.2) is 14.5 Å². The van der Waals surface area contributed by atoms with E-state index in [0.717, 1.165) is 5.56 Å². The lowest BCUT2D eigenvalue weighted by Crippen LogP contribution is -2.58. The van der Waals surface area contributed by atoms with Gasteiger partial charge in [0.15, 0.2) is 11.5 Å². The van der Waals surface area contributed by atoms with Gasteiger partial charge in [0.2, 0.25) is 11.8 Å². The zero-order valence-corrected chi connectivity index (χ0v) is 28.1. The molecular weight excluding hydrogens is 616 g/mol. The number of carbonyl (C=O) groups excluding carboxylic acids is 3. The number of amides is 3. The Bertz CT molecular complexity index is 1750. The summed E-state index contributed by atoms with van der Waals surface area (Å²) in [5.41, 5.74) is 7.20. The Labute approximate surface area is 279 Å². The minimum absolute atomic E-state index is 0.0988. The van der Waals surface area contributed by atoms with Crippen LogP contribution in [0.4, 0.5) is 21.1 Å². The minimum atomic E-state index is -0.870. The molecule has 1 aliphatic heterocycles. The van der Waals surface area contributed by atoms with E-state index >= 15 is 0 Å². The van der Waals surface area contributed by atoms with Crippen molar-refractivity contribution >= 4 is 35.2 Å². The third kappa shape index (κ3) is 7.45. The maximum Gasteiger partial charge on any atom is 0.420 e. The standard InChI is InChI=1S/C35H42N6O7/c1-7-45-26-15-13-25(14-16-26)40(34(44)48-35(4,5)6)32-22(2)31(38-28-17-19-37-41(28)32)47-29-23(3)39(20-18-27(29)30(36)42)33(43)46-21-24-11-9-8-10-12-24/h8-17,19,23,27,29H,7,18,20-21H2,1-6H3,(H2,36,42)/t23-,27?,29-/m1/s1. The van der Waals surface area contributed by atoms with E-state index in [1.807, 2.05) is 37.3 Å². The fourth-order valence-corrected chi connectivity index (χ4v) is 5.68. The lowest BCUT2D eigenvalue weighted by atomic mass is 9.88. The number of hydrogen-bond acceptors (Lipinski definition) is 9. The van der Waals surface area contributed by atoms with Gasteiger partial charge in [0.05, 0.1) is 36.0 Å². The molecule has 0 saturated carbocycles. The number of nitrogens with two attached hydrogens (primary N) is 1. The van der Waals surface area contributed by atoms with Crippen molar-refractivity contribution in [1.82, 2.24) is 19.5 Å². The van der Waals surface area contributed by atoms with Crippen molar-refractivity contribution in [3.05, 3.63) is 78.0 Å². The third-order valence-corrected chi connectivity index (χ3v) is 7.99. The number of rotatable bonds is 9. The van der Waals surface area contributed by atoms with E-state index in [1.54, 1.807) is 71.1 Å². The van der Waals surface area contributed by atoms with E-state index in [-0.39, 0.29) is 25.5 Å². The Morgan fingerprint density at radius 1 is 1.04 bits per heavy atom. The summed E-state index contributed by atoms with van der Waals surface area (Å²) < 4.78 is 25.2. The summed E-state index contributed by atoms with van der Waals surface area (Å²) in [6, 6.07) is 17.4. The summed E-state index contributed by atoms with van der Waals surface area (Å²) in [5.74, 6) is -0.188. The first-order valence-electron chi connectivity index (χ1n) is 15.9. The minimum Gasteiger partial charge on any atom is -0.494 e. The predicted molar refractivity (Wildman–Crippen MR) is 178 cm³/mol. The SMILES string of the molecule is CCOc1ccc(N(C(=O)OC(C)(C)C)c2c(C)c(O[C@H]3C(C(N)=O)CCN(C(=O)OCc4ccccc4)[C@@H]3C)nc3ccnn23)cc1. The van der Waals surface area contributed by atoms with Crippen LogP contribution in [-0.4, -0.2) is 68.5 Å². The van der Waals surface area contributed by atoms with Crippen molar-refractivity contribution < 1.29 is 33.3 Å². The van der Waals surface area contributed by atoms with Crippen LogP contribution in [-0.2, 0) is 20.9 Å². The lowest BCUT2D eigenvalue weighted by Gasteiger charge is -2.42. The number of nitrogens with zero attached hydrogens (tertiary/aromatic N) is 5. The second kappa shape index (κ2) is 14.2. The number of aromatic nitrogens is 3. The van der Waals surface area contributed by atoms with Crippen LogP contribution in [0.15, 0.2) is 66.9 Å². The van der Waals surface area contributed by atoms with Gasteiger partial charge in [0.1, 0.15) is 24.1 Å². The summed E-state index contributed by atoms with van der Waals surface area (Å²) in [5, 5.41) is 4.46. The first kappa shape index (κ1) is 34.0. The summed E-state index contributed by atoms with van der Waals surface area (Å²) in [6.45, 7) is 11.6. The fraction of sp³-hybridized carbons (Fsp3) is 0.400. The molecule has 48 heavy (non-hydrogen) atoms. The van der Waals surface area contributed by atoms with Gasteiger partial charge in [0.25, 0.3) is 0 Å². The molecule has 0 radical (unpaired) electrons. The van der Waals surface area contributed by atoms with Crippen molar-refractivity contribution in [2.24, 2.45) is 11.7 Å². The molecule has 2 aromatic carbocycles. The van der Waals surface area contributed by atoms with E-state index in [9.17, 15) is 14.4 Å². The van der Waals surface area contributed by atoms with Crippen LogP contribution in [0.5, 0.6) is 11.6 Å². The highest BCUT2D eigenvalue weighted by atomic mass is 16.6. The molecule has 2 N–H and O–H groups in total. The van der Waals surface area contributed by atoms with Crippen LogP contribution in [0.1, 0.15) is 52.2 Å². The maximum absolute atomic E-state index is 13.9. The number of piperidine rings is 1. The van der Waals surface area contributed by atoms with Gasteiger partial charge in [0, 0.05) is 12.6 Å². The molecule has 254 valence electrons. The van der Waals surface area contributed by atoms with E-state index in [2.05, 4.69) is 5.10 Å². The third-order valence-electron chi connectivity index (χ3n) is 7.99. The Morgan fingerprint density at radius 3 is 2.40 bits per heavy atom. The first-order valence-corrected chi connectivity index (χ1v) is 15.9. The molecule has 2 aromatic heterocycles. The van der Waals surface area contributed by atoms with Crippen molar-refractivity contribution in [3.8, 4) is 11.6 Å². The molecule has 13 nitrogen and oxygen atoms in total. The highest BCUT2D eigenvalue weighted by molar-refractivity contribution is 5.96. The second-order valence-electron chi connectivity index (χ2n) is 12.6. The number of fused-ring (bicyclic) bond motifs is 1. The average Bonchev–Trinajstić information content (AvgIpc) is 3.51. The number of likely N-dealkylation sites (tertiary alicyclic amines) is 1. The molecule has 13 heteroatoms.